The van der Waals surface area contributed by atoms with Gasteiger partial charge < -0.3 is 31.7 Å². The van der Waals surface area contributed by atoms with Crippen molar-refractivity contribution in [1.82, 2.24) is 14.9 Å². The maximum Gasteiger partial charge on any atom is 0.330 e. The van der Waals surface area contributed by atoms with Gasteiger partial charge in [0, 0.05) is 31.3 Å². The molecule has 1 amide bonds. The molecule has 12 nitrogen and oxygen atoms in total. The highest BCUT2D eigenvalue weighted by atomic mass is 16.5. The number of nitrogens with two attached hydrogens (primary N) is 2. The number of carbonyl (C=O) groups is 1. The normalized spacial score (nSPS) is 20.8. The molecule has 0 aromatic carbocycles. The number of carbonyl (C=O) groups excluding carboxylic acids is 1. The van der Waals surface area contributed by atoms with Crippen LogP contribution < -0.4 is 28.0 Å². The second kappa shape index (κ2) is 11.5. The molecule has 1 aliphatic rings. The van der Waals surface area contributed by atoms with Crippen molar-refractivity contribution in [3.05, 3.63) is 32.6 Å². The molecule has 1 aromatic heterocycles. The highest BCUT2D eigenvalue weighted by Gasteiger charge is 2.35. The van der Waals surface area contributed by atoms with Crippen LogP contribution in [-0.2, 0) is 16.0 Å². The lowest BCUT2D eigenvalue weighted by atomic mass is 10.2. The van der Waals surface area contributed by atoms with Crippen molar-refractivity contribution < 1.29 is 19.7 Å². The highest BCUT2D eigenvalue weighted by Crippen LogP contribution is 2.27. The Morgan fingerprint density at radius 1 is 1.30 bits per heavy atom. The van der Waals surface area contributed by atoms with Crippen molar-refractivity contribution in [3.63, 3.8) is 0 Å². The molecule has 168 valence electrons. The summed E-state index contributed by atoms with van der Waals surface area (Å²) < 4.78 is 6.57. The summed E-state index contributed by atoms with van der Waals surface area (Å²) in [6, 6.07) is 0. The number of amides is 1. The smallest absolute Gasteiger partial charge is 0.330 e. The number of hydrogen-bond acceptors (Lipinski definition) is 7. The Kier molecular flexibility index (Phi) is 9.02. The lowest BCUT2D eigenvalue weighted by Crippen LogP contribution is -2.36. The molecule has 0 bridgehead atoms. The van der Waals surface area contributed by atoms with E-state index in [0.29, 0.717) is 13.1 Å². The largest absolute Gasteiger partial charge is 0.394 e. The number of nitrogens with one attached hydrogen (secondary N) is 2. The maximum atomic E-state index is 12.1. The first-order valence-electron chi connectivity index (χ1n) is 9.92. The molecule has 2 rings (SSSR count). The summed E-state index contributed by atoms with van der Waals surface area (Å²) >= 11 is 0. The molecule has 0 saturated carbocycles. The number of aliphatic hydroxyl groups is 2. The van der Waals surface area contributed by atoms with E-state index in [-0.39, 0.29) is 36.9 Å². The SMILES string of the molecule is NC(N)=NCCCCCCNC(=O)Cc1cn([C@H]2C[C@H](O)[C@@H](CO)O2)c(=O)[nH]c1=O. The number of H-pyrrole nitrogens is 1. The van der Waals surface area contributed by atoms with E-state index >= 15 is 0 Å². The van der Waals surface area contributed by atoms with Crippen molar-refractivity contribution in [2.24, 2.45) is 16.5 Å². The van der Waals surface area contributed by atoms with Crippen molar-refractivity contribution in [1.29, 1.82) is 0 Å². The predicted octanol–water partition coefficient (Wildman–Crippen LogP) is -2.33. The number of aliphatic imine (C=N–C) groups is 1. The standard InChI is InChI=1S/C18H30N6O6/c19-17(20)22-6-4-2-1-3-5-21-14(27)7-11-9-24(18(29)23-16(11)28)15-8-12(26)13(10-25)30-15/h9,12-13,15,25-26H,1-8,10H2,(H,21,27)(H4,19,20,22)(H,23,28,29)/t12-,13+,15+/m0/s1. The number of unbranched alkanes of at least 4 members (excludes halogenated alkanes) is 3. The monoisotopic (exact) mass is 426 g/mol. The summed E-state index contributed by atoms with van der Waals surface area (Å²) in [4.78, 5) is 42.3. The quantitative estimate of drug-likeness (QED) is 0.129. The van der Waals surface area contributed by atoms with E-state index in [1.165, 1.54) is 6.20 Å². The molecule has 1 aliphatic heterocycles. The Labute approximate surface area is 172 Å². The van der Waals surface area contributed by atoms with E-state index in [1.54, 1.807) is 0 Å². The maximum absolute atomic E-state index is 12.1. The van der Waals surface area contributed by atoms with Gasteiger partial charge >= 0.3 is 5.69 Å². The van der Waals surface area contributed by atoms with Crippen LogP contribution in [-0.4, -0.2) is 63.5 Å². The molecule has 0 aliphatic carbocycles. The Morgan fingerprint density at radius 3 is 2.70 bits per heavy atom. The number of rotatable bonds is 11. The molecular weight excluding hydrogens is 396 g/mol. The molecule has 0 unspecified atom stereocenters. The minimum absolute atomic E-state index is 0.0764. The van der Waals surface area contributed by atoms with Crippen LogP contribution in [0.5, 0.6) is 0 Å². The zero-order chi connectivity index (χ0) is 22.1. The van der Waals surface area contributed by atoms with Gasteiger partial charge in [0.2, 0.25) is 5.91 Å². The molecule has 0 radical (unpaired) electrons. The van der Waals surface area contributed by atoms with Crippen LogP contribution in [0.2, 0.25) is 0 Å². The van der Waals surface area contributed by atoms with E-state index in [2.05, 4.69) is 15.3 Å². The van der Waals surface area contributed by atoms with Gasteiger partial charge in [0.1, 0.15) is 12.3 Å². The van der Waals surface area contributed by atoms with Crippen LogP contribution in [0, 0.1) is 0 Å². The van der Waals surface area contributed by atoms with Gasteiger partial charge in [-0.25, -0.2) is 4.79 Å². The third kappa shape index (κ3) is 6.97. The number of aromatic amines is 1. The number of guanidine groups is 1. The summed E-state index contributed by atoms with van der Waals surface area (Å²) in [7, 11) is 0. The fourth-order valence-electron chi connectivity index (χ4n) is 3.18. The van der Waals surface area contributed by atoms with E-state index < -0.39 is 29.7 Å². The molecule has 12 heteroatoms. The predicted molar refractivity (Wildman–Crippen MR) is 109 cm³/mol. The number of nitrogens with zero attached hydrogens (tertiary/aromatic N) is 2. The van der Waals surface area contributed by atoms with E-state index in [9.17, 15) is 24.6 Å². The van der Waals surface area contributed by atoms with Gasteiger partial charge in [0.25, 0.3) is 5.56 Å². The summed E-state index contributed by atoms with van der Waals surface area (Å²) in [6.45, 7) is 0.655. The average Bonchev–Trinajstić information content (AvgIpc) is 3.06. The van der Waals surface area contributed by atoms with Gasteiger partial charge in [-0.15, -0.1) is 0 Å². The van der Waals surface area contributed by atoms with Crippen molar-refractivity contribution in [2.45, 2.75) is 57.0 Å². The van der Waals surface area contributed by atoms with Gasteiger partial charge in [0.05, 0.1) is 19.1 Å². The average molecular weight is 426 g/mol. The zero-order valence-corrected chi connectivity index (χ0v) is 16.7. The topological polar surface area (TPSA) is 198 Å². The molecule has 1 saturated heterocycles. The fraction of sp³-hybridized carbons (Fsp3) is 0.667. The summed E-state index contributed by atoms with van der Waals surface area (Å²) in [5.41, 5.74) is 9.23. The fourth-order valence-corrected chi connectivity index (χ4v) is 3.18. The van der Waals surface area contributed by atoms with Gasteiger partial charge in [0.15, 0.2) is 5.96 Å². The van der Waals surface area contributed by atoms with Crippen LogP contribution in [0.15, 0.2) is 20.8 Å². The number of ether oxygens (including phenoxy) is 1. The molecule has 30 heavy (non-hydrogen) atoms. The third-order valence-corrected chi connectivity index (χ3v) is 4.79. The molecule has 1 fully saturated rings. The minimum atomic E-state index is -0.926. The van der Waals surface area contributed by atoms with Gasteiger partial charge in [-0.1, -0.05) is 12.8 Å². The first-order chi connectivity index (χ1) is 14.3. The minimum Gasteiger partial charge on any atom is -0.394 e. The molecule has 1 aromatic rings. The van der Waals surface area contributed by atoms with Crippen LogP contribution >= 0.6 is 0 Å². The molecule has 3 atom stereocenters. The van der Waals surface area contributed by atoms with E-state index in [0.717, 1.165) is 30.3 Å². The molecule has 0 spiro atoms. The van der Waals surface area contributed by atoms with Crippen LogP contribution in [0.25, 0.3) is 0 Å². The molecular formula is C18H30N6O6. The number of aromatic nitrogens is 2. The number of aliphatic hydroxyl groups excluding tert-OH is 2. The Bertz CT molecular complexity index is 846. The van der Waals surface area contributed by atoms with Crippen LogP contribution in [0.3, 0.4) is 0 Å². The lowest BCUT2D eigenvalue weighted by molar-refractivity contribution is -0.120. The Hall–Kier alpha value is -2.70. The summed E-state index contributed by atoms with van der Waals surface area (Å²) in [5.74, 6) is -0.265. The Morgan fingerprint density at radius 2 is 2.03 bits per heavy atom. The molecule has 2 heterocycles. The lowest BCUT2D eigenvalue weighted by Gasteiger charge is -2.15. The van der Waals surface area contributed by atoms with E-state index in [1.807, 2.05) is 0 Å². The second-order valence-corrected chi connectivity index (χ2v) is 7.18. The van der Waals surface area contributed by atoms with Gasteiger partial charge in [-0.2, -0.15) is 0 Å². The van der Waals surface area contributed by atoms with Crippen molar-refractivity contribution >= 4 is 11.9 Å². The van der Waals surface area contributed by atoms with Gasteiger partial charge in [-0.3, -0.25) is 24.1 Å². The van der Waals surface area contributed by atoms with Crippen LogP contribution in [0.4, 0.5) is 0 Å². The summed E-state index contributed by atoms with van der Waals surface area (Å²) in [6.07, 6.45) is 2.06. The first kappa shape index (κ1) is 23.6. The molecule has 8 N–H and O–H groups in total. The Balaban J connectivity index is 1.83. The van der Waals surface area contributed by atoms with Gasteiger partial charge in [-0.05, 0) is 12.8 Å². The second-order valence-electron chi connectivity index (χ2n) is 7.18. The van der Waals surface area contributed by atoms with E-state index in [4.69, 9.17) is 16.2 Å². The number of hydrogen-bond donors (Lipinski definition) is 6. The third-order valence-electron chi connectivity index (χ3n) is 4.79. The van der Waals surface area contributed by atoms with Crippen molar-refractivity contribution in [3.8, 4) is 0 Å². The van der Waals surface area contributed by atoms with Crippen molar-refractivity contribution in [2.75, 3.05) is 19.7 Å². The first-order valence-corrected chi connectivity index (χ1v) is 9.92. The zero-order valence-electron chi connectivity index (χ0n) is 16.7. The summed E-state index contributed by atoms with van der Waals surface area (Å²) in [5, 5.41) is 21.8. The van der Waals surface area contributed by atoms with Crippen LogP contribution in [0.1, 0.15) is 43.9 Å². The highest BCUT2D eigenvalue weighted by molar-refractivity contribution is 5.78.